The van der Waals surface area contributed by atoms with Gasteiger partial charge in [0, 0.05) is 25.3 Å². The summed E-state index contributed by atoms with van der Waals surface area (Å²) >= 11 is 0. The Kier molecular flexibility index (Phi) is 4.95. The predicted molar refractivity (Wildman–Crippen MR) is 84.0 cm³/mol. The summed E-state index contributed by atoms with van der Waals surface area (Å²) in [5.74, 6) is 1.31. The minimum Gasteiger partial charge on any atom is -0.491 e. The van der Waals surface area contributed by atoms with E-state index in [1.54, 1.807) is 0 Å². The quantitative estimate of drug-likeness (QED) is 0.898. The second-order valence-corrected chi connectivity index (χ2v) is 6.11. The number of carbonyl (C=O) groups is 1. The molecule has 2 aliphatic rings. The zero-order valence-corrected chi connectivity index (χ0v) is 12.9. The Bertz CT molecular complexity index is 497. The van der Waals surface area contributed by atoms with Crippen molar-refractivity contribution in [2.45, 2.75) is 25.4 Å². The molecule has 1 aromatic carbocycles. The second-order valence-electron chi connectivity index (χ2n) is 6.11. The summed E-state index contributed by atoms with van der Waals surface area (Å²) in [6.45, 7) is 3.64. The molecule has 2 atom stereocenters. The van der Waals surface area contributed by atoms with Crippen LogP contribution in [0.25, 0.3) is 0 Å². The molecule has 5 nitrogen and oxygen atoms in total. The topological polar surface area (TPSA) is 64.8 Å². The van der Waals surface area contributed by atoms with Gasteiger partial charge < -0.3 is 20.1 Å². The van der Waals surface area contributed by atoms with Gasteiger partial charge in [-0.15, -0.1) is 0 Å². The van der Waals surface area contributed by atoms with Crippen LogP contribution in [-0.4, -0.2) is 49.8 Å². The van der Waals surface area contributed by atoms with Crippen LogP contribution in [0, 0.1) is 5.92 Å². The van der Waals surface area contributed by atoms with Crippen molar-refractivity contribution < 1.29 is 14.3 Å². The zero-order chi connectivity index (χ0) is 15.4. The van der Waals surface area contributed by atoms with Gasteiger partial charge in [0.2, 0.25) is 0 Å². The van der Waals surface area contributed by atoms with Crippen molar-refractivity contribution >= 4 is 5.91 Å². The summed E-state index contributed by atoms with van der Waals surface area (Å²) in [6, 6.07) is 7.39. The highest BCUT2D eigenvalue weighted by Gasteiger charge is 2.26. The average Bonchev–Trinajstić information content (AvgIpc) is 3.24. The molecule has 5 heteroatoms. The van der Waals surface area contributed by atoms with Gasteiger partial charge in [-0.25, -0.2) is 0 Å². The lowest BCUT2D eigenvalue weighted by molar-refractivity contribution is 0.0679. The van der Waals surface area contributed by atoms with Crippen LogP contribution < -0.4 is 10.5 Å². The zero-order valence-electron chi connectivity index (χ0n) is 12.9. The van der Waals surface area contributed by atoms with Crippen LogP contribution in [0.2, 0.25) is 0 Å². The molecule has 0 aromatic heterocycles. The van der Waals surface area contributed by atoms with Crippen LogP contribution in [0.5, 0.6) is 5.75 Å². The van der Waals surface area contributed by atoms with Crippen molar-refractivity contribution in [2.75, 3.05) is 32.8 Å². The third kappa shape index (κ3) is 3.59. The third-order valence-electron chi connectivity index (χ3n) is 4.47. The summed E-state index contributed by atoms with van der Waals surface area (Å²) in [5, 5.41) is 0. The van der Waals surface area contributed by atoms with Gasteiger partial charge in [-0.05, 0) is 56.0 Å². The Labute approximate surface area is 131 Å². The Morgan fingerprint density at radius 1 is 1.32 bits per heavy atom. The average molecular weight is 304 g/mol. The number of ether oxygens (including phenoxy) is 2. The van der Waals surface area contributed by atoms with E-state index < -0.39 is 0 Å². The standard InChI is InChI=1S/C17H24N2O3/c18-10-13-7-8-19(11-13)17(20)14-3-5-15(6-4-14)22-12-16-2-1-9-21-16/h3-6,13,16H,1-2,7-12,18H2. The minimum absolute atomic E-state index is 0.0848. The van der Waals surface area contributed by atoms with E-state index in [1.807, 2.05) is 29.2 Å². The lowest BCUT2D eigenvalue weighted by atomic mass is 10.1. The van der Waals surface area contributed by atoms with Gasteiger partial charge in [0.1, 0.15) is 12.4 Å². The van der Waals surface area contributed by atoms with E-state index in [1.165, 1.54) is 0 Å². The van der Waals surface area contributed by atoms with Crippen LogP contribution in [0.3, 0.4) is 0 Å². The number of rotatable bonds is 5. The molecule has 1 amide bonds. The fraction of sp³-hybridized carbons (Fsp3) is 0.588. The first kappa shape index (κ1) is 15.3. The Balaban J connectivity index is 1.53. The van der Waals surface area contributed by atoms with E-state index in [-0.39, 0.29) is 12.0 Å². The van der Waals surface area contributed by atoms with Crippen LogP contribution in [0.4, 0.5) is 0 Å². The molecule has 0 spiro atoms. The molecule has 2 unspecified atom stereocenters. The molecule has 0 aliphatic carbocycles. The van der Waals surface area contributed by atoms with Crippen molar-refractivity contribution in [3.05, 3.63) is 29.8 Å². The second kappa shape index (κ2) is 7.11. The number of carbonyl (C=O) groups excluding carboxylic acids is 1. The molecule has 2 saturated heterocycles. The molecular formula is C17H24N2O3. The lowest BCUT2D eigenvalue weighted by Crippen LogP contribution is -2.29. The number of likely N-dealkylation sites (tertiary alicyclic amines) is 1. The molecule has 0 radical (unpaired) electrons. The highest BCUT2D eigenvalue weighted by atomic mass is 16.5. The number of nitrogens with zero attached hydrogens (tertiary/aromatic N) is 1. The van der Waals surface area contributed by atoms with Gasteiger partial charge in [0.25, 0.3) is 5.91 Å². The number of hydrogen-bond donors (Lipinski definition) is 1. The highest BCUT2D eigenvalue weighted by molar-refractivity contribution is 5.94. The van der Waals surface area contributed by atoms with Gasteiger partial charge in [-0.2, -0.15) is 0 Å². The summed E-state index contributed by atoms with van der Waals surface area (Å²) in [4.78, 5) is 14.3. The van der Waals surface area contributed by atoms with E-state index in [9.17, 15) is 4.79 Å². The molecule has 1 aromatic rings. The molecule has 0 saturated carbocycles. The fourth-order valence-corrected chi connectivity index (χ4v) is 3.05. The van der Waals surface area contributed by atoms with Gasteiger partial charge in [-0.3, -0.25) is 4.79 Å². The number of benzene rings is 1. The maximum atomic E-state index is 12.4. The normalized spacial score (nSPS) is 24.7. The first-order chi connectivity index (χ1) is 10.8. The van der Waals surface area contributed by atoms with Gasteiger partial charge >= 0.3 is 0 Å². The van der Waals surface area contributed by atoms with Crippen molar-refractivity contribution in [2.24, 2.45) is 11.7 Å². The van der Waals surface area contributed by atoms with E-state index in [2.05, 4.69) is 0 Å². The van der Waals surface area contributed by atoms with Gasteiger partial charge in [-0.1, -0.05) is 0 Å². The van der Waals surface area contributed by atoms with Crippen molar-refractivity contribution in [3.63, 3.8) is 0 Å². The first-order valence-corrected chi connectivity index (χ1v) is 8.10. The van der Waals surface area contributed by atoms with E-state index in [0.717, 1.165) is 44.7 Å². The van der Waals surface area contributed by atoms with Crippen molar-refractivity contribution in [1.29, 1.82) is 0 Å². The Morgan fingerprint density at radius 3 is 2.77 bits per heavy atom. The smallest absolute Gasteiger partial charge is 0.253 e. The summed E-state index contributed by atoms with van der Waals surface area (Å²) in [5.41, 5.74) is 6.39. The van der Waals surface area contributed by atoms with E-state index >= 15 is 0 Å². The van der Waals surface area contributed by atoms with Crippen LogP contribution in [-0.2, 0) is 4.74 Å². The largest absolute Gasteiger partial charge is 0.491 e. The molecule has 0 bridgehead atoms. The van der Waals surface area contributed by atoms with Gasteiger partial charge in [0.15, 0.2) is 0 Å². The Hall–Kier alpha value is -1.59. The SMILES string of the molecule is NCC1CCN(C(=O)c2ccc(OCC3CCCO3)cc2)C1. The maximum absolute atomic E-state index is 12.4. The summed E-state index contributed by atoms with van der Waals surface area (Å²) in [7, 11) is 0. The number of hydrogen-bond acceptors (Lipinski definition) is 4. The van der Waals surface area contributed by atoms with Crippen molar-refractivity contribution in [1.82, 2.24) is 4.90 Å². The van der Waals surface area contributed by atoms with Crippen LogP contribution >= 0.6 is 0 Å². The molecule has 2 N–H and O–H groups in total. The Morgan fingerprint density at radius 2 is 2.14 bits per heavy atom. The van der Waals surface area contributed by atoms with Gasteiger partial charge in [0.05, 0.1) is 6.10 Å². The molecule has 2 fully saturated rings. The fourth-order valence-electron chi connectivity index (χ4n) is 3.05. The van der Waals surface area contributed by atoms with Crippen LogP contribution in [0.15, 0.2) is 24.3 Å². The predicted octanol–water partition coefficient (Wildman–Crippen LogP) is 1.67. The lowest BCUT2D eigenvalue weighted by Gasteiger charge is -2.17. The monoisotopic (exact) mass is 304 g/mol. The maximum Gasteiger partial charge on any atom is 0.253 e. The third-order valence-corrected chi connectivity index (χ3v) is 4.47. The van der Waals surface area contributed by atoms with Crippen molar-refractivity contribution in [3.8, 4) is 5.75 Å². The number of amides is 1. The molecule has 120 valence electrons. The summed E-state index contributed by atoms with van der Waals surface area (Å²) in [6.07, 6.45) is 3.39. The molecule has 2 aliphatic heterocycles. The highest BCUT2D eigenvalue weighted by Crippen LogP contribution is 2.20. The first-order valence-electron chi connectivity index (χ1n) is 8.10. The van der Waals surface area contributed by atoms with E-state index in [0.29, 0.717) is 24.6 Å². The molecule has 3 rings (SSSR count). The minimum atomic E-state index is 0.0848. The summed E-state index contributed by atoms with van der Waals surface area (Å²) < 4.78 is 11.2. The van der Waals surface area contributed by atoms with E-state index in [4.69, 9.17) is 15.2 Å². The number of nitrogens with two attached hydrogens (primary N) is 1. The van der Waals surface area contributed by atoms with Crippen LogP contribution in [0.1, 0.15) is 29.6 Å². The molecule has 22 heavy (non-hydrogen) atoms. The molecular weight excluding hydrogens is 280 g/mol. The molecule has 2 heterocycles.